The summed E-state index contributed by atoms with van der Waals surface area (Å²) >= 11 is 0. The van der Waals surface area contributed by atoms with Gasteiger partial charge >= 0.3 is 0 Å². The van der Waals surface area contributed by atoms with Gasteiger partial charge in [-0.2, -0.15) is 4.98 Å². The number of hydrogen-bond donors (Lipinski definition) is 2. The van der Waals surface area contributed by atoms with Crippen molar-refractivity contribution < 1.29 is 9.47 Å². The maximum Gasteiger partial charge on any atom is 0.239 e. The number of nitrogens with two attached hydrogens (primary N) is 1. The van der Waals surface area contributed by atoms with E-state index in [1.165, 1.54) is 0 Å². The molecular formula is C12H19N3O2. The van der Waals surface area contributed by atoms with E-state index in [1.54, 1.807) is 0 Å². The Bertz CT molecular complexity index is 376. The maximum atomic E-state index is 5.81. The van der Waals surface area contributed by atoms with Gasteiger partial charge in [-0.1, -0.05) is 0 Å². The van der Waals surface area contributed by atoms with Gasteiger partial charge in [-0.3, -0.25) is 0 Å². The SMILES string of the molecule is CC(C)Oc1nc(NC2CCOC2)ccc1N. The molecule has 1 fully saturated rings. The van der Waals surface area contributed by atoms with Crippen molar-refractivity contribution in [3.05, 3.63) is 12.1 Å². The summed E-state index contributed by atoms with van der Waals surface area (Å²) in [5.41, 5.74) is 6.37. The number of nitrogen functional groups attached to an aromatic ring is 1. The highest BCUT2D eigenvalue weighted by Crippen LogP contribution is 2.23. The van der Waals surface area contributed by atoms with Gasteiger partial charge in [0.2, 0.25) is 5.88 Å². The van der Waals surface area contributed by atoms with E-state index < -0.39 is 0 Å². The van der Waals surface area contributed by atoms with Crippen molar-refractivity contribution in [1.82, 2.24) is 4.98 Å². The smallest absolute Gasteiger partial charge is 0.239 e. The van der Waals surface area contributed by atoms with Crippen molar-refractivity contribution in [2.45, 2.75) is 32.4 Å². The van der Waals surface area contributed by atoms with Crippen LogP contribution in [-0.4, -0.2) is 30.3 Å². The van der Waals surface area contributed by atoms with Crippen molar-refractivity contribution in [1.29, 1.82) is 0 Å². The zero-order chi connectivity index (χ0) is 12.3. The lowest BCUT2D eigenvalue weighted by Crippen LogP contribution is -2.20. The van der Waals surface area contributed by atoms with Crippen molar-refractivity contribution in [2.24, 2.45) is 0 Å². The maximum absolute atomic E-state index is 5.81. The van der Waals surface area contributed by atoms with Gasteiger partial charge in [0.25, 0.3) is 0 Å². The first-order valence-corrected chi connectivity index (χ1v) is 5.92. The number of anilines is 2. The van der Waals surface area contributed by atoms with Crippen molar-refractivity contribution in [2.75, 3.05) is 24.3 Å². The number of ether oxygens (including phenoxy) is 2. The first-order chi connectivity index (χ1) is 8.15. The van der Waals surface area contributed by atoms with E-state index in [9.17, 15) is 0 Å². The van der Waals surface area contributed by atoms with E-state index in [-0.39, 0.29) is 6.10 Å². The highest BCUT2D eigenvalue weighted by Gasteiger charge is 2.16. The van der Waals surface area contributed by atoms with Gasteiger partial charge in [0.1, 0.15) is 5.82 Å². The van der Waals surface area contributed by atoms with Crippen LogP contribution in [0.1, 0.15) is 20.3 Å². The first-order valence-electron chi connectivity index (χ1n) is 5.92. The molecular weight excluding hydrogens is 218 g/mol. The minimum Gasteiger partial charge on any atom is -0.473 e. The molecule has 1 saturated heterocycles. The minimum absolute atomic E-state index is 0.0647. The van der Waals surface area contributed by atoms with Crippen molar-refractivity contribution >= 4 is 11.5 Å². The second-order valence-corrected chi connectivity index (χ2v) is 4.46. The number of nitrogens with one attached hydrogen (secondary N) is 1. The Morgan fingerprint density at radius 3 is 3.00 bits per heavy atom. The molecule has 1 aliphatic heterocycles. The molecule has 0 spiro atoms. The molecule has 0 aliphatic carbocycles. The Kier molecular flexibility index (Phi) is 3.68. The molecule has 5 nitrogen and oxygen atoms in total. The standard InChI is InChI=1S/C12H19N3O2/c1-8(2)17-12-10(13)3-4-11(15-12)14-9-5-6-16-7-9/h3-4,8-9H,5-7,13H2,1-2H3,(H,14,15). The van der Waals surface area contributed by atoms with Gasteiger partial charge in [0.15, 0.2) is 0 Å². The number of nitrogens with zero attached hydrogens (tertiary/aromatic N) is 1. The number of aromatic nitrogens is 1. The van der Waals surface area contributed by atoms with Crippen LogP contribution in [0.25, 0.3) is 0 Å². The topological polar surface area (TPSA) is 69.4 Å². The fraction of sp³-hybridized carbons (Fsp3) is 0.583. The highest BCUT2D eigenvalue weighted by molar-refractivity contribution is 5.54. The van der Waals surface area contributed by atoms with Gasteiger partial charge in [0.05, 0.1) is 24.4 Å². The van der Waals surface area contributed by atoms with E-state index in [4.69, 9.17) is 15.2 Å². The lowest BCUT2D eigenvalue weighted by Gasteiger charge is -2.15. The zero-order valence-electron chi connectivity index (χ0n) is 10.3. The van der Waals surface area contributed by atoms with Crippen LogP contribution >= 0.6 is 0 Å². The first kappa shape index (κ1) is 12.0. The van der Waals surface area contributed by atoms with Gasteiger partial charge in [0, 0.05) is 6.61 Å². The van der Waals surface area contributed by atoms with E-state index in [2.05, 4.69) is 10.3 Å². The predicted octanol–water partition coefficient (Wildman–Crippen LogP) is 1.65. The molecule has 0 amide bonds. The highest BCUT2D eigenvalue weighted by atomic mass is 16.5. The van der Waals surface area contributed by atoms with Crippen LogP contribution < -0.4 is 15.8 Å². The van der Waals surface area contributed by atoms with Crippen LogP contribution in [0.5, 0.6) is 5.88 Å². The summed E-state index contributed by atoms with van der Waals surface area (Å²) in [5, 5.41) is 3.31. The minimum atomic E-state index is 0.0647. The molecule has 5 heteroatoms. The van der Waals surface area contributed by atoms with E-state index in [0.29, 0.717) is 17.6 Å². The average molecular weight is 237 g/mol. The Hall–Kier alpha value is -1.49. The Balaban J connectivity index is 2.06. The molecule has 1 aromatic rings. The molecule has 94 valence electrons. The lowest BCUT2D eigenvalue weighted by atomic mass is 10.2. The summed E-state index contributed by atoms with van der Waals surface area (Å²) in [6.45, 7) is 5.44. The normalized spacial score (nSPS) is 19.6. The number of hydrogen-bond acceptors (Lipinski definition) is 5. The molecule has 17 heavy (non-hydrogen) atoms. The fourth-order valence-electron chi connectivity index (χ4n) is 1.71. The van der Waals surface area contributed by atoms with Crippen LogP contribution in [0.2, 0.25) is 0 Å². The van der Waals surface area contributed by atoms with E-state index in [1.807, 2.05) is 26.0 Å². The average Bonchev–Trinajstić information content (AvgIpc) is 2.75. The fourth-order valence-corrected chi connectivity index (χ4v) is 1.71. The molecule has 3 N–H and O–H groups in total. The lowest BCUT2D eigenvalue weighted by molar-refractivity contribution is 0.195. The monoisotopic (exact) mass is 237 g/mol. The van der Waals surface area contributed by atoms with Gasteiger partial charge in [-0.25, -0.2) is 0 Å². The zero-order valence-corrected chi connectivity index (χ0v) is 10.3. The van der Waals surface area contributed by atoms with Crippen LogP contribution in [0.15, 0.2) is 12.1 Å². The van der Waals surface area contributed by atoms with Gasteiger partial charge in [-0.05, 0) is 32.4 Å². The van der Waals surface area contributed by atoms with Crippen LogP contribution in [0.4, 0.5) is 11.5 Å². The number of rotatable bonds is 4. The van der Waals surface area contributed by atoms with Crippen molar-refractivity contribution in [3.8, 4) is 5.88 Å². The third kappa shape index (κ3) is 3.23. The molecule has 0 aromatic carbocycles. The molecule has 0 saturated carbocycles. The van der Waals surface area contributed by atoms with Crippen molar-refractivity contribution in [3.63, 3.8) is 0 Å². The molecule has 1 unspecified atom stereocenters. The summed E-state index contributed by atoms with van der Waals surface area (Å²) in [6, 6.07) is 4.00. The quantitative estimate of drug-likeness (QED) is 0.833. The summed E-state index contributed by atoms with van der Waals surface area (Å²) < 4.78 is 10.8. The largest absolute Gasteiger partial charge is 0.473 e. The predicted molar refractivity (Wildman–Crippen MR) is 67.3 cm³/mol. The van der Waals surface area contributed by atoms with Crippen LogP contribution in [-0.2, 0) is 4.74 Å². The van der Waals surface area contributed by atoms with E-state index >= 15 is 0 Å². The summed E-state index contributed by atoms with van der Waals surface area (Å²) in [5.74, 6) is 1.27. The summed E-state index contributed by atoms with van der Waals surface area (Å²) in [4.78, 5) is 4.36. The van der Waals surface area contributed by atoms with Gasteiger partial charge in [-0.15, -0.1) is 0 Å². The Labute approximate surface area is 101 Å². The number of pyridine rings is 1. The molecule has 1 atom stereocenters. The van der Waals surface area contributed by atoms with Gasteiger partial charge < -0.3 is 20.5 Å². The molecule has 0 radical (unpaired) electrons. The molecule has 1 aromatic heterocycles. The summed E-state index contributed by atoms with van der Waals surface area (Å²) in [6.07, 6.45) is 1.07. The molecule has 2 heterocycles. The Morgan fingerprint density at radius 1 is 1.53 bits per heavy atom. The van der Waals surface area contributed by atoms with E-state index in [0.717, 1.165) is 25.5 Å². The Morgan fingerprint density at radius 2 is 2.35 bits per heavy atom. The van der Waals surface area contributed by atoms with Crippen LogP contribution in [0, 0.1) is 0 Å². The third-order valence-corrected chi connectivity index (χ3v) is 2.52. The second-order valence-electron chi connectivity index (χ2n) is 4.46. The second kappa shape index (κ2) is 5.23. The molecule has 0 bridgehead atoms. The molecule has 1 aliphatic rings. The molecule has 2 rings (SSSR count). The summed E-state index contributed by atoms with van der Waals surface area (Å²) in [7, 11) is 0. The third-order valence-electron chi connectivity index (χ3n) is 2.52. The van der Waals surface area contributed by atoms with Crippen LogP contribution in [0.3, 0.4) is 0 Å².